The van der Waals surface area contributed by atoms with Crippen LogP contribution in [0, 0.1) is 18.3 Å². The first-order valence-electron chi connectivity index (χ1n) is 14.9. The Morgan fingerprint density at radius 2 is 1.85 bits per heavy atom. The van der Waals surface area contributed by atoms with Crippen molar-refractivity contribution in [1.82, 2.24) is 19.4 Å². The topological polar surface area (TPSA) is 50.4 Å². The monoisotopic (exact) mass is 526 g/mol. The fraction of sp³-hybridized carbons (Fsp3) is 0.576. The van der Waals surface area contributed by atoms with Crippen molar-refractivity contribution in [2.45, 2.75) is 83.0 Å². The molecule has 0 N–H and O–H groups in total. The minimum absolute atomic E-state index is 0.218. The summed E-state index contributed by atoms with van der Waals surface area (Å²) in [5.41, 5.74) is 3.13. The molecule has 39 heavy (non-hydrogen) atoms. The van der Waals surface area contributed by atoms with Gasteiger partial charge in [-0.3, -0.25) is 9.69 Å². The van der Waals surface area contributed by atoms with Crippen molar-refractivity contribution < 1.29 is 9.53 Å². The van der Waals surface area contributed by atoms with Crippen molar-refractivity contribution in [3.8, 4) is 0 Å². The Morgan fingerprint density at radius 3 is 2.59 bits per heavy atom. The molecule has 2 aromatic carbocycles. The number of carbonyl (C=O) groups is 1. The largest absolute Gasteiger partial charge is 0.367 e. The first-order valence-corrected chi connectivity index (χ1v) is 14.9. The molecular formula is C33H42N4O2. The zero-order valence-electron chi connectivity index (χ0n) is 23.9. The number of likely N-dealkylation sites (tertiary alicyclic amines) is 1. The third-order valence-corrected chi connectivity index (χ3v) is 10.4. The molecule has 0 radical (unpaired) electrons. The maximum absolute atomic E-state index is 13.3. The van der Waals surface area contributed by atoms with Crippen molar-refractivity contribution in [2.75, 3.05) is 26.2 Å². The van der Waals surface area contributed by atoms with Crippen LogP contribution in [0.4, 0.5) is 0 Å². The Bertz CT molecular complexity index is 1390. The van der Waals surface area contributed by atoms with E-state index in [4.69, 9.17) is 9.72 Å². The number of carbonyl (C=O) groups excluding carboxylic acids is 1. The highest BCUT2D eigenvalue weighted by Gasteiger charge is 2.72. The number of amides is 1. The number of aromatic nitrogens is 2. The minimum atomic E-state index is -0.460. The molecule has 4 aliphatic rings. The highest BCUT2D eigenvalue weighted by Crippen LogP contribution is 2.66. The molecule has 6 atom stereocenters. The Hall–Kier alpha value is -2.70. The maximum atomic E-state index is 13.3. The summed E-state index contributed by atoms with van der Waals surface area (Å²) in [7, 11) is 0. The van der Waals surface area contributed by atoms with E-state index < -0.39 is 11.0 Å². The van der Waals surface area contributed by atoms with Crippen LogP contribution < -0.4 is 0 Å². The first kappa shape index (κ1) is 25.3. The second-order valence-electron chi connectivity index (χ2n) is 13.5. The molecule has 6 heteroatoms. The number of rotatable bonds is 5. The molecule has 206 valence electrons. The smallest absolute Gasteiger partial charge is 0.228 e. The van der Waals surface area contributed by atoms with Gasteiger partial charge in [0.1, 0.15) is 11.4 Å². The zero-order chi connectivity index (χ0) is 27.0. The average molecular weight is 527 g/mol. The van der Waals surface area contributed by atoms with E-state index in [-0.39, 0.29) is 5.91 Å². The van der Waals surface area contributed by atoms with Crippen LogP contribution in [0.3, 0.4) is 0 Å². The van der Waals surface area contributed by atoms with Gasteiger partial charge in [-0.25, -0.2) is 4.98 Å². The molecule has 7 rings (SSSR count). The van der Waals surface area contributed by atoms with E-state index in [0.29, 0.717) is 37.3 Å². The number of fused-ring (bicyclic) bond motifs is 1. The molecule has 1 spiro atoms. The van der Waals surface area contributed by atoms with E-state index in [2.05, 4.69) is 75.9 Å². The third-order valence-electron chi connectivity index (χ3n) is 10.4. The maximum Gasteiger partial charge on any atom is 0.228 e. The summed E-state index contributed by atoms with van der Waals surface area (Å²) < 4.78 is 9.19. The predicted octanol–water partition coefficient (Wildman–Crippen LogP) is 5.70. The summed E-state index contributed by atoms with van der Waals surface area (Å²) in [6, 6.07) is 20.4. The highest BCUT2D eigenvalue weighted by molar-refractivity contribution is 5.81. The predicted molar refractivity (Wildman–Crippen MR) is 153 cm³/mol. The lowest BCUT2D eigenvalue weighted by atomic mass is 9.63. The van der Waals surface area contributed by atoms with Gasteiger partial charge in [-0.05, 0) is 62.6 Å². The van der Waals surface area contributed by atoms with Crippen molar-refractivity contribution in [3.63, 3.8) is 0 Å². The van der Waals surface area contributed by atoms with Gasteiger partial charge in [0.05, 0.1) is 24.2 Å². The minimum Gasteiger partial charge on any atom is -0.367 e. The summed E-state index contributed by atoms with van der Waals surface area (Å²) in [5.74, 6) is 2.12. The Balaban J connectivity index is 1.13. The molecule has 2 aliphatic carbocycles. The molecule has 4 fully saturated rings. The molecule has 3 unspecified atom stereocenters. The molecule has 1 amide bonds. The number of ether oxygens (including phenoxy) is 1. The second kappa shape index (κ2) is 8.90. The van der Waals surface area contributed by atoms with Crippen LogP contribution in [-0.2, 0) is 15.1 Å². The van der Waals surface area contributed by atoms with Gasteiger partial charge in [0, 0.05) is 36.1 Å². The van der Waals surface area contributed by atoms with E-state index in [1.165, 1.54) is 36.8 Å². The standard InChI is InChI=1S/C33H42N4O2/c1-23-34-27-12-8-9-13-28(27)37(23)26-20-25-14-15-33(25)29(21-26)36(33)17-16-32(24-10-6-5-7-11-24)22-35(18-19-39-32)30(38)31(2,3)4/h5-13,25-26,29H,14-22H2,1-4H3/t25-,26+,29-,32?,33?,36?/m0/s1. The normalized spacial score (nSPS) is 33.8. The number of aryl methyl sites for hydroxylation is 1. The second-order valence-corrected chi connectivity index (χ2v) is 13.5. The summed E-state index contributed by atoms with van der Waals surface area (Å²) >= 11 is 0. The molecule has 3 heterocycles. The molecule has 2 saturated carbocycles. The molecular weight excluding hydrogens is 484 g/mol. The third kappa shape index (κ3) is 3.89. The van der Waals surface area contributed by atoms with Gasteiger partial charge in [0.25, 0.3) is 0 Å². The zero-order valence-corrected chi connectivity index (χ0v) is 23.9. The van der Waals surface area contributed by atoms with Crippen LogP contribution >= 0.6 is 0 Å². The molecule has 2 saturated heterocycles. The summed E-state index contributed by atoms with van der Waals surface area (Å²) in [5, 5.41) is 0. The Morgan fingerprint density at radius 1 is 1.08 bits per heavy atom. The van der Waals surface area contributed by atoms with Crippen LogP contribution in [-0.4, -0.2) is 63.1 Å². The number of hydrogen-bond acceptors (Lipinski definition) is 4. The summed E-state index contributed by atoms with van der Waals surface area (Å²) in [4.78, 5) is 23.1. The SMILES string of the molecule is Cc1nc2ccccc2n1[C@@H]1C[C@@H]2CCC23[C@H](C1)N3CCC1(c2ccccc2)CN(C(=O)C(C)(C)C)CCO1. The number of hydrogen-bond donors (Lipinski definition) is 0. The first-order chi connectivity index (χ1) is 18.7. The summed E-state index contributed by atoms with van der Waals surface area (Å²) in [6.45, 7) is 11.1. The number of para-hydroxylation sites is 2. The lowest BCUT2D eigenvalue weighted by Crippen LogP contribution is -2.55. The quantitative estimate of drug-likeness (QED) is 0.400. The summed E-state index contributed by atoms with van der Waals surface area (Å²) in [6.07, 6.45) is 6.03. The Labute approximate surface area is 232 Å². The van der Waals surface area contributed by atoms with Crippen LogP contribution in [0.2, 0.25) is 0 Å². The van der Waals surface area contributed by atoms with E-state index in [0.717, 1.165) is 30.2 Å². The lowest BCUT2D eigenvalue weighted by molar-refractivity contribution is -0.161. The van der Waals surface area contributed by atoms with Crippen LogP contribution in [0.5, 0.6) is 0 Å². The average Bonchev–Trinajstić information content (AvgIpc) is 3.48. The van der Waals surface area contributed by atoms with Gasteiger partial charge in [0.15, 0.2) is 0 Å². The van der Waals surface area contributed by atoms with Gasteiger partial charge < -0.3 is 14.2 Å². The van der Waals surface area contributed by atoms with Crippen LogP contribution in [0.1, 0.15) is 70.3 Å². The van der Waals surface area contributed by atoms with Crippen molar-refractivity contribution in [2.24, 2.45) is 11.3 Å². The van der Waals surface area contributed by atoms with Gasteiger partial charge in [-0.15, -0.1) is 0 Å². The van der Waals surface area contributed by atoms with Crippen molar-refractivity contribution in [3.05, 3.63) is 66.0 Å². The number of morpholine rings is 1. The number of benzene rings is 2. The lowest BCUT2D eigenvalue weighted by Gasteiger charge is -2.46. The molecule has 6 nitrogen and oxygen atoms in total. The van der Waals surface area contributed by atoms with Gasteiger partial charge in [-0.1, -0.05) is 63.2 Å². The van der Waals surface area contributed by atoms with E-state index >= 15 is 0 Å². The van der Waals surface area contributed by atoms with E-state index in [1.807, 2.05) is 20.8 Å². The fourth-order valence-corrected chi connectivity index (χ4v) is 8.42. The van der Waals surface area contributed by atoms with Crippen LogP contribution in [0.15, 0.2) is 54.6 Å². The molecule has 2 aliphatic heterocycles. The highest BCUT2D eigenvalue weighted by atomic mass is 16.5. The van der Waals surface area contributed by atoms with Gasteiger partial charge in [-0.2, -0.15) is 0 Å². The van der Waals surface area contributed by atoms with E-state index in [1.54, 1.807) is 0 Å². The Kier molecular flexibility index (Phi) is 5.77. The van der Waals surface area contributed by atoms with Gasteiger partial charge >= 0.3 is 0 Å². The number of imidazole rings is 1. The molecule has 0 bridgehead atoms. The molecule has 3 aromatic rings. The van der Waals surface area contributed by atoms with Crippen LogP contribution in [0.25, 0.3) is 11.0 Å². The fourth-order valence-electron chi connectivity index (χ4n) is 8.42. The van der Waals surface area contributed by atoms with E-state index in [9.17, 15) is 4.79 Å². The van der Waals surface area contributed by atoms with Crippen molar-refractivity contribution >= 4 is 16.9 Å². The van der Waals surface area contributed by atoms with Gasteiger partial charge in [0.2, 0.25) is 5.91 Å². The van der Waals surface area contributed by atoms with Crippen molar-refractivity contribution in [1.29, 1.82) is 0 Å². The number of nitrogens with zero attached hydrogens (tertiary/aromatic N) is 4. The molecule has 1 aromatic heterocycles.